The Kier molecular flexibility index (Phi) is 5.56. The molecule has 0 amide bonds. The van der Waals surface area contributed by atoms with Gasteiger partial charge in [-0.15, -0.1) is 0 Å². The van der Waals surface area contributed by atoms with Crippen LogP contribution in [0.2, 0.25) is 0 Å². The Hall–Kier alpha value is -3.71. The zero-order valence-corrected chi connectivity index (χ0v) is 17.8. The summed E-state index contributed by atoms with van der Waals surface area (Å²) in [6.45, 7) is 5.14. The summed E-state index contributed by atoms with van der Waals surface area (Å²) in [7, 11) is 0. The molecule has 0 saturated carbocycles. The van der Waals surface area contributed by atoms with E-state index in [-0.39, 0.29) is 11.2 Å². The van der Waals surface area contributed by atoms with E-state index in [4.69, 9.17) is 0 Å². The first-order valence-corrected chi connectivity index (χ1v) is 10.9. The zero-order valence-electron chi connectivity index (χ0n) is 17.8. The van der Waals surface area contributed by atoms with Gasteiger partial charge in [0.25, 0.3) is 5.56 Å². The van der Waals surface area contributed by atoms with Crippen molar-refractivity contribution in [2.24, 2.45) is 0 Å². The number of piperazine rings is 1. The topological polar surface area (TPSA) is 74.2 Å². The molecule has 0 radical (unpaired) electrons. The number of anilines is 1. The van der Waals surface area contributed by atoms with Gasteiger partial charge < -0.3 is 4.90 Å². The van der Waals surface area contributed by atoms with E-state index in [2.05, 4.69) is 38.0 Å². The van der Waals surface area contributed by atoms with E-state index < -0.39 is 0 Å². The van der Waals surface area contributed by atoms with Gasteiger partial charge in [0.2, 0.25) is 0 Å². The number of aromatic amines is 1. The second-order valence-electron chi connectivity index (χ2n) is 8.13. The number of pyridine rings is 1. The fourth-order valence-electron chi connectivity index (χ4n) is 4.34. The molecule has 1 saturated heterocycles. The molecule has 1 N–H and O–H groups in total. The van der Waals surface area contributed by atoms with Crippen molar-refractivity contribution in [1.29, 1.82) is 0 Å². The summed E-state index contributed by atoms with van der Waals surface area (Å²) in [5, 5.41) is 0.522. The largest absolute Gasteiger partial charge is 0.354 e. The van der Waals surface area contributed by atoms with Crippen LogP contribution in [0.25, 0.3) is 10.9 Å². The monoisotopic (exact) mass is 427 g/mol. The number of benzene rings is 2. The quantitative estimate of drug-likeness (QED) is 0.530. The molecule has 3 heterocycles. The molecular weight excluding hydrogens is 402 g/mol. The lowest BCUT2D eigenvalue weighted by molar-refractivity contribution is 0.249. The highest BCUT2D eigenvalue weighted by atomic mass is 16.2. The average molecular weight is 428 g/mol. The molecule has 1 aliphatic rings. The van der Waals surface area contributed by atoms with Crippen molar-refractivity contribution >= 4 is 16.7 Å². The van der Waals surface area contributed by atoms with Gasteiger partial charge in [0.15, 0.2) is 0 Å². The highest BCUT2D eigenvalue weighted by Crippen LogP contribution is 2.16. The van der Waals surface area contributed by atoms with E-state index >= 15 is 0 Å². The summed E-state index contributed by atoms with van der Waals surface area (Å²) >= 11 is 0. The molecule has 0 unspecified atom stereocenters. The highest BCUT2D eigenvalue weighted by Gasteiger charge is 2.18. The number of nitrogens with zero attached hydrogens (tertiary/aromatic N) is 4. The van der Waals surface area contributed by atoms with Gasteiger partial charge in [-0.2, -0.15) is 0 Å². The van der Waals surface area contributed by atoms with Gasteiger partial charge in [-0.3, -0.25) is 19.2 Å². The molecular formula is C25H25N5O2. The first-order chi connectivity index (χ1) is 15.7. The van der Waals surface area contributed by atoms with Gasteiger partial charge in [0.1, 0.15) is 5.82 Å². The minimum absolute atomic E-state index is 0.347. The molecule has 1 fully saturated rings. The Morgan fingerprint density at radius 1 is 0.812 bits per heavy atom. The predicted octanol–water partition coefficient (Wildman–Crippen LogP) is 2.46. The van der Waals surface area contributed by atoms with Gasteiger partial charge in [0, 0.05) is 38.9 Å². The molecule has 0 spiro atoms. The Labute approximate surface area is 185 Å². The summed E-state index contributed by atoms with van der Waals surface area (Å²) in [4.78, 5) is 36.3. The van der Waals surface area contributed by atoms with Crippen LogP contribution >= 0.6 is 0 Å². The smallest absolute Gasteiger partial charge is 0.329 e. The number of fused-ring (bicyclic) bond motifs is 1. The molecule has 2 aromatic heterocycles. The standard InChI is InChI=1S/C25H25N5O2/c31-24-21-8-1-2-9-22(21)30(25(32)27-24)18-20-7-5-6-19(16-20)17-28-12-14-29(15-13-28)23-10-3-4-11-26-23/h1-11,16H,12-15,17-18H2,(H,27,31,32). The number of nitrogens with one attached hydrogen (secondary N) is 1. The lowest BCUT2D eigenvalue weighted by Gasteiger charge is -2.35. The van der Waals surface area contributed by atoms with Gasteiger partial charge >= 0.3 is 5.69 Å². The van der Waals surface area contributed by atoms with Gasteiger partial charge in [-0.1, -0.05) is 42.5 Å². The maximum absolute atomic E-state index is 12.5. The van der Waals surface area contributed by atoms with Crippen molar-refractivity contribution in [2.45, 2.75) is 13.1 Å². The number of aromatic nitrogens is 3. The van der Waals surface area contributed by atoms with Gasteiger partial charge in [-0.05, 0) is 35.4 Å². The van der Waals surface area contributed by atoms with Crippen LogP contribution in [0, 0.1) is 0 Å². The predicted molar refractivity (Wildman–Crippen MR) is 126 cm³/mol. The molecule has 0 atom stereocenters. The Bertz CT molecular complexity index is 1340. The molecule has 2 aromatic carbocycles. The van der Waals surface area contributed by atoms with Crippen LogP contribution in [-0.4, -0.2) is 45.6 Å². The third kappa shape index (κ3) is 4.20. The van der Waals surface area contributed by atoms with Gasteiger partial charge in [0.05, 0.1) is 17.4 Å². The van der Waals surface area contributed by atoms with Crippen LogP contribution in [0.15, 0.2) is 82.5 Å². The van der Waals surface area contributed by atoms with Crippen molar-refractivity contribution in [2.75, 3.05) is 31.1 Å². The van der Waals surface area contributed by atoms with Crippen LogP contribution in [-0.2, 0) is 13.1 Å². The Balaban J connectivity index is 1.30. The van der Waals surface area contributed by atoms with Crippen LogP contribution in [0.5, 0.6) is 0 Å². The van der Waals surface area contributed by atoms with Crippen LogP contribution in [0.1, 0.15) is 11.1 Å². The third-order valence-corrected chi connectivity index (χ3v) is 5.99. The molecule has 162 valence electrons. The lowest BCUT2D eigenvalue weighted by atomic mass is 10.1. The molecule has 32 heavy (non-hydrogen) atoms. The molecule has 0 aliphatic carbocycles. The van der Waals surface area contributed by atoms with Crippen molar-refractivity contribution in [3.05, 3.63) is 105 Å². The zero-order chi connectivity index (χ0) is 21.9. The minimum atomic E-state index is -0.384. The van der Waals surface area contributed by atoms with Crippen LogP contribution in [0.4, 0.5) is 5.82 Å². The molecule has 7 heteroatoms. The van der Waals surface area contributed by atoms with Crippen LogP contribution < -0.4 is 16.1 Å². The van der Waals surface area contributed by atoms with Crippen molar-refractivity contribution in [3.63, 3.8) is 0 Å². The van der Waals surface area contributed by atoms with E-state index in [9.17, 15) is 9.59 Å². The van der Waals surface area contributed by atoms with E-state index in [1.165, 1.54) is 5.56 Å². The Morgan fingerprint density at radius 3 is 2.34 bits per heavy atom. The normalized spacial score (nSPS) is 14.7. The molecule has 7 nitrogen and oxygen atoms in total. The summed E-state index contributed by atoms with van der Waals surface area (Å²) in [5.74, 6) is 1.03. The SMILES string of the molecule is O=c1[nH]c(=O)n(Cc2cccc(CN3CCN(c4ccccn4)CC3)c2)c2ccccc12. The first kappa shape index (κ1) is 20.2. The minimum Gasteiger partial charge on any atom is -0.354 e. The van der Waals surface area contributed by atoms with Crippen LogP contribution in [0.3, 0.4) is 0 Å². The van der Waals surface area contributed by atoms with E-state index in [1.807, 2.05) is 42.6 Å². The summed E-state index contributed by atoms with van der Waals surface area (Å²) in [6, 6.07) is 21.6. The fourth-order valence-corrected chi connectivity index (χ4v) is 4.34. The fraction of sp³-hybridized carbons (Fsp3) is 0.240. The molecule has 5 rings (SSSR count). The van der Waals surface area contributed by atoms with Crippen molar-refractivity contribution in [3.8, 4) is 0 Å². The number of H-pyrrole nitrogens is 1. The van der Waals surface area contributed by atoms with E-state index in [0.717, 1.165) is 44.1 Å². The van der Waals surface area contributed by atoms with Crippen molar-refractivity contribution in [1.82, 2.24) is 19.4 Å². The number of rotatable bonds is 5. The second kappa shape index (κ2) is 8.80. The second-order valence-corrected chi connectivity index (χ2v) is 8.13. The maximum Gasteiger partial charge on any atom is 0.329 e. The summed E-state index contributed by atoms with van der Waals surface area (Å²) in [6.07, 6.45) is 1.84. The maximum atomic E-state index is 12.5. The lowest BCUT2D eigenvalue weighted by Crippen LogP contribution is -2.46. The molecule has 1 aliphatic heterocycles. The molecule has 0 bridgehead atoms. The number of para-hydroxylation sites is 1. The highest BCUT2D eigenvalue weighted by molar-refractivity contribution is 5.77. The Morgan fingerprint density at radius 2 is 1.56 bits per heavy atom. The molecule has 4 aromatic rings. The summed E-state index contributed by atoms with van der Waals surface area (Å²) in [5.41, 5.74) is 2.17. The van der Waals surface area contributed by atoms with E-state index in [1.54, 1.807) is 16.7 Å². The van der Waals surface area contributed by atoms with E-state index in [0.29, 0.717) is 17.4 Å². The number of hydrogen-bond acceptors (Lipinski definition) is 5. The number of hydrogen-bond donors (Lipinski definition) is 1. The van der Waals surface area contributed by atoms with Crippen molar-refractivity contribution < 1.29 is 0 Å². The third-order valence-electron chi connectivity index (χ3n) is 5.99. The van der Waals surface area contributed by atoms with Gasteiger partial charge in [-0.25, -0.2) is 9.78 Å². The summed E-state index contributed by atoms with van der Waals surface area (Å²) < 4.78 is 1.63. The average Bonchev–Trinajstić information content (AvgIpc) is 2.83. The first-order valence-electron chi connectivity index (χ1n) is 10.9.